The Morgan fingerprint density at radius 3 is 2.63 bits per heavy atom. The van der Waals surface area contributed by atoms with E-state index in [9.17, 15) is 22.7 Å². The Labute approximate surface area is 250 Å². The third-order valence-electron chi connectivity index (χ3n) is 8.80. The minimum Gasteiger partial charge on any atom is -0.461 e. The molecule has 3 saturated heterocycles. The van der Waals surface area contributed by atoms with Gasteiger partial charge < -0.3 is 20.5 Å². The molecule has 2 aromatic heterocycles. The number of nitrogens with two attached hydrogens (primary N) is 1. The molecule has 3 N–H and O–H groups in total. The topological polar surface area (TPSA) is 101 Å². The normalized spacial score (nSPS) is 26.3. The fourth-order valence-electron chi connectivity index (χ4n) is 6.97. The molecule has 1 aromatic carbocycles. The highest BCUT2D eigenvalue weighted by atomic mass is 35.5. The molecule has 3 aromatic rings. The van der Waals surface area contributed by atoms with E-state index in [0.29, 0.717) is 25.9 Å². The average molecular weight is 627 g/mol. The number of halogens is 6. The molecular formula is C29H32ClF5N6O2. The van der Waals surface area contributed by atoms with Gasteiger partial charge in [0.15, 0.2) is 5.82 Å². The highest BCUT2D eigenvalue weighted by Crippen LogP contribution is 2.45. The Bertz CT molecular complexity index is 1590. The quantitative estimate of drug-likeness (QED) is 0.348. The number of aromatic nitrogens is 3. The van der Waals surface area contributed by atoms with Crippen LogP contribution in [0.15, 0.2) is 12.1 Å². The van der Waals surface area contributed by atoms with Gasteiger partial charge in [-0.1, -0.05) is 11.6 Å². The third-order valence-corrected chi connectivity index (χ3v) is 9.10. The zero-order valence-electron chi connectivity index (χ0n) is 23.7. The Morgan fingerprint density at radius 2 is 1.91 bits per heavy atom. The van der Waals surface area contributed by atoms with Gasteiger partial charge in [0.2, 0.25) is 0 Å². The van der Waals surface area contributed by atoms with Crippen molar-refractivity contribution in [2.75, 3.05) is 43.4 Å². The van der Waals surface area contributed by atoms with Crippen LogP contribution in [0.4, 0.5) is 33.6 Å². The Kier molecular flexibility index (Phi) is 7.37. The number of aryl methyl sites for hydroxylation is 1. The van der Waals surface area contributed by atoms with Gasteiger partial charge in [0.25, 0.3) is 0 Å². The zero-order chi connectivity index (χ0) is 30.9. The number of anilines is 2. The van der Waals surface area contributed by atoms with Crippen LogP contribution in [0.25, 0.3) is 22.2 Å². The predicted molar refractivity (Wildman–Crippen MR) is 153 cm³/mol. The first-order valence-electron chi connectivity index (χ1n) is 14.2. The molecule has 8 nitrogen and oxygen atoms in total. The van der Waals surface area contributed by atoms with E-state index < -0.39 is 46.1 Å². The number of benzene rings is 1. The van der Waals surface area contributed by atoms with Gasteiger partial charge in [-0.05, 0) is 63.8 Å². The first-order valence-corrected chi connectivity index (χ1v) is 14.6. The molecule has 0 bridgehead atoms. The first kappa shape index (κ1) is 30.0. The molecule has 43 heavy (non-hydrogen) atoms. The highest BCUT2D eigenvalue weighted by Gasteiger charge is 2.49. The standard InChI is InChI=1S/C29H32ClF5N6O2/c1-15-9-19(36)37-24(21(15)29(33,34)35)20-18(30)10-17-23(22(20)32)38-26(39-25(17)40-7-3-5-27(2,42)13-40)43-14-28-6-4-8-41(28)12-16(31)11-28/h9-10,16,42H,3-8,11-14H2,1-2H3,(H2,36,37)/t16-,27?,28?/m1/s1. The number of rotatable bonds is 5. The summed E-state index contributed by atoms with van der Waals surface area (Å²) in [5, 5.41) is 10.6. The van der Waals surface area contributed by atoms with E-state index in [0.717, 1.165) is 25.5 Å². The van der Waals surface area contributed by atoms with Crippen molar-refractivity contribution >= 4 is 34.1 Å². The van der Waals surface area contributed by atoms with Gasteiger partial charge in [-0.2, -0.15) is 23.1 Å². The molecule has 0 amide bonds. The summed E-state index contributed by atoms with van der Waals surface area (Å²) in [5.74, 6) is -1.16. The summed E-state index contributed by atoms with van der Waals surface area (Å²) < 4.78 is 79.5. The summed E-state index contributed by atoms with van der Waals surface area (Å²) in [6, 6.07) is 2.15. The van der Waals surface area contributed by atoms with E-state index in [1.54, 1.807) is 11.8 Å². The van der Waals surface area contributed by atoms with E-state index in [1.165, 1.54) is 13.0 Å². The van der Waals surface area contributed by atoms with Crippen molar-refractivity contribution in [2.24, 2.45) is 0 Å². The van der Waals surface area contributed by atoms with Gasteiger partial charge in [0.1, 0.15) is 29.9 Å². The number of fused-ring (bicyclic) bond motifs is 2. The number of β-amino-alcohol motifs (C(OH)–C–C–N with tert-alkyl or cyclic N) is 1. The van der Waals surface area contributed by atoms with Crippen molar-refractivity contribution in [2.45, 2.75) is 69.4 Å². The molecule has 3 fully saturated rings. The molecule has 3 aliphatic heterocycles. The van der Waals surface area contributed by atoms with Crippen LogP contribution in [0, 0.1) is 12.7 Å². The second-order valence-electron chi connectivity index (χ2n) is 12.2. The van der Waals surface area contributed by atoms with Crippen LogP contribution in [0.3, 0.4) is 0 Å². The molecule has 232 valence electrons. The van der Waals surface area contributed by atoms with Crippen molar-refractivity contribution in [1.29, 1.82) is 0 Å². The molecular weight excluding hydrogens is 595 g/mol. The van der Waals surface area contributed by atoms with E-state index >= 15 is 4.39 Å². The Hall–Kier alpha value is -3.03. The van der Waals surface area contributed by atoms with Gasteiger partial charge in [0, 0.05) is 31.4 Å². The van der Waals surface area contributed by atoms with E-state index in [-0.39, 0.29) is 58.7 Å². The fraction of sp³-hybridized carbons (Fsp3) is 0.552. The number of alkyl halides is 4. The summed E-state index contributed by atoms with van der Waals surface area (Å²) >= 11 is 6.51. The van der Waals surface area contributed by atoms with Gasteiger partial charge in [-0.3, -0.25) is 4.90 Å². The lowest BCUT2D eigenvalue weighted by atomic mass is 9.94. The number of nitrogens with zero attached hydrogens (tertiary/aromatic N) is 5. The van der Waals surface area contributed by atoms with Gasteiger partial charge >= 0.3 is 12.2 Å². The maximum atomic E-state index is 16.5. The molecule has 14 heteroatoms. The highest BCUT2D eigenvalue weighted by molar-refractivity contribution is 6.34. The van der Waals surface area contributed by atoms with E-state index in [1.807, 2.05) is 4.90 Å². The SMILES string of the molecule is Cc1cc(N)nc(-c2c(Cl)cc3c(N4CCCC(C)(O)C4)nc(OCC45CCCN4C[C@H](F)C5)nc3c2F)c1C(F)(F)F. The van der Waals surface area contributed by atoms with Gasteiger partial charge in [-0.25, -0.2) is 13.8 Å². The molecule has 0 spiro atoms. The van der Waals surface area contributed by atoms with Crippen LogP contribution in [-0.2, 0) is 6.18 Å². The van der Waals surface area contributed by atoms with Crippen molar-refractivity contribution in [3.8, 4) is 17.3 Å². The summed E-state index contributed by atoms with van der Waals surface area (Å²) in [4.78, 5) is 16.6. The minimum atomic E-state index is -4.88. The van der Waals surface area contributed by atoms with Crippen LogP contribution in [0.5, 0.6) is 6.01 Å². The number of hydrogen-bond donors (Lipinski definition) is 2. The molecule has 6 rings (SSSR count). The van der Waals surface area contributed by atoms with Crippen molar-refractivity contribution in [3.05, 3.63) is 34.1 Å². The second-order valence-corrected chi connectivity index (χ2v) is 12.7. The largest absolute Gasteiger partial charge is 0.461 e. The Morgan fingerprint density at radius 1 is 1.16 bits per heavy atom. The summed E-state index contributed by atoms with van der Waals surface area (Å²) in [5.41, 5.74) is 1.11. The number of piperidine rings is 1. The van der Waals surface area contributed by atoms with Crippen LogP contribution < -0.4 is 15.4 Å². The Balaban J connectivity index is 1.52. The van der Waals surface area contributed by atoms with Crippen molar-refractivity contribution < 1.29 is 31.8 Å². The smallest absolute Gasteiger partial charge is 0.418 e. The average Bonchev–Trinajstić information content (AvgIpc) is 3.41. The monoisotopic (exact) mass is 626 g/mol. The predicted octanol–water partition coefficient (Wildman–Crippen LogP) is 5.70. The number of pyridine rings is 1. The maximum Gasteiger partial charge on any atom is 0.418 e. The van der Waals surface area contributed by atoms with Crippen LogP contribution in [-0.4, -0.2) is 75.1 Å². The van der Waals surface area contributed by atoms with Crippen LogP contribution in [0.2, 0.25) is 5.02 Å². The molecule has 5 heterocycles. The first-order chi connectivity index (χ1) is 20.2. The van der Waals surface area contributed by atoms with Gasteiger partial charge in [0.05, 0.1) is 33.0 Å². The molecule has 2 unspecified atom stereocenters. The minimum absolute atomic E-state index is 0.0618. The third kappa shape index (κ3) is 5.44. The molecule has 0 saturated carbocycles. The van der Waals surface area contributed by atoms with Crippen LogP contribution in [0.1, 0.15) is 50.2 Å². The lowest BCUT2D eigenvalue weighted by Gasteiger charge is -2.38. The summed E-state index contributed by atoms with van der Waals surface area (Å²) in [6.07, 6.45) is -2.83. The lowest BCUT2D eigenvalue weighted by Crippen LogP contribution is -2.46. The maximum absolute atomic E-state index is 16.5. The fourth-order valence-corrected chi connectivity index (χ4v) is 7.25. The summed E-state index contributed by atoms with van der Waals surface area (Å²) in [6.45, 7) is 4.63. The lowest BCUT2D eigenvalue weighted by molar-refractivity contribution is -0.137. The number of aliphatic hydroxyl groups is 1. The number of ether oxygens (including phenoxy) is 1. The molecule has 0 aliphatic carbocycles. The van der Waals surface area contributed by atoms with E-state index in [2.05, 4.69) is 15.0 Å². The van der Waals surface area contributed by atoms with Crippen molar-refractivity contribution in [3.63, 3.8) is 0 Å². The van der Waals surface area contributed by atoms with Gasteiger partial charge in [-0.15, -0.1) is 0 Å². The number of hydrogen-bond acceptors (Lipinski definition) is 8. The molecule has 0 radical (unpaired) electrons. The van der Waals surface area contributed by atoms with Crippen molar-refractivity contribution in [1.82, 2.24) is 19.9 Å². The molecule has 3 atom stereocenters. The second kappa shape index (κ2) is 10.6. The van der Waals surface area contributed by atoms with Crippen LogP contribution >= 0.6 is 11.6 Å². The number of nitrogen functional groups attached to an aromatic ring is 1. The van der Waals surface area contributed by atoms with E-state index in [4.69, 9.17) is 22.1 Å². The summed E-state index contributed by atoms with van der Waals surface area (Å²) in [7, 11) is 0. The zero-order valence-corrected chi connectivity index (χ0v) is 24.5. The molecule has 3 aliphatic rings.